The summed E-state index contributed by atoms with van der Waals surface area (Å²) in [5.41, 5.74) is -0.860. The molecule has 2 amide bonds. The lowest BCUT2D eigenvalue weighted by atomic mass is 9.98. The minimum absolute atomic E-state index is 0.121. The van der Waals surface area contributed by atoms with Crippen molar-refractivity contribution in [3.63, 3.8) is 0 Å². The van der Waals surface area contributed by atoms with Gasteiger partial charge in [-0.25, -0.2) is 4.79 Å². The van der Waals surface area contributed by atoms with E-state index >= 15 is 0 Å². The molecule has 0 aromatic carbocycles. The first-order chi connectivity index (χ1) is 9.19. The molecule has 1 aliphatic heterocycles. The highest BCUT2D eigenvalue weighted by atomic mass is 16.3. The van der Waals surface area contributed by atoms with Gasteiger partial charge < -0.3 is 15.3 Å². The normalized spacial score (nSPS) is 19.7. The minimum Gasteiger partial charge on any atom is -0.389 e. The van der Waals surface area contributed by atoms with Crippen molar-refractivity contribution in [3.05, 3.63) is 0 Å². The molecular formula is C15H31N3O2. The molecule has 118 valence electrons. The van der Waals surface area contributed by atoms with E-state index in [1.807, 2.05) is 0 Å². The van der Waals surface area contributed by atoms with Gasteiger partial charge in [0.25, 0.3) is 0 Å². The van der Waals surface area contributed by atoms with Crippen LogP contribution in [0, 0.1) is 5.92 Å². The van der Waals surface area contributed by atoms with Crippen LogP contribution in [0.4, 0.5) is 4.79 Å². The summed E-state index contributed by atoms with van der Waals surface area (Å²) < 4.78 is 0. The number of carbonyl (C=O) groups is 1. The van der Waals surface area contributed by atoms with Crippen LogP contribution in [0.5, 0.6) is 0 Å². The lowest BCUT2D eigenvalue weighted by Gasteiger charge is -2.35. The van der Waals surface area contributed by atoms with E-state index in [9.17, 15) is 9.90 Å². The summed E-state index contributed by atoms with van der Waals surface area (Å²) >= 11 is 0. The minimum atomic E-state index is -0.860. The molecule has 1 heterocycles. The molecule has 1 rings (SSSR count). The quantitative estimate of drug-likeness (QED) is 0.805. The predicted octanol–water partition coefficient (Wildman–Crippen LogP) is 1.52. The van der Waals surface area contributed by atoms with Crippen molar-refractivity contribution in [2.24, 2.45) is 5.92 Å². The van der Waals surface area contributed by atoms with Gasteiger partial charge in [0.2, 0.25) is 0 Å². The Labute approximate surface area is 123 Å². The number of hydrogen-bond donors (Lipinski definition) is 2. The maximum Gasteiger partial charge on any atom is 0.317 e. The van der Waals surface area contributed by atoms with Crippen LogP contribution in [-0.2, 0) is 0 Å². The summed E-state index contributed by atoms with van der Waals surface area (Å²) in [6.45, 7) is 11.1. The number of likely N-dealkylation sites (N-methyl/N-ethyl adjacent to an activating group) is 1. The Morgan fingerprint density at radius 3 is 2.50 bits per heavy atom. The Kier molecular flexibility index (Phi) is 6.27. The molecule has 2 N–H and O–H groups in total. The number of nitrogens with one attached hydrogen (secondary N) is 1. The molecule has 5 heteroatoms. The average Bonchev–Trinajstić information content (AvgIpc) is 2.34. The van der Waals surface area contributed by atoms with E-state index in [0.29, 0.717) is 19.1 Å². The van der Waals surface area contributed by atoms with Crippen LogP contribution >= 0.6 is 0 Å². The van der Waals surface area contributed by atoms with Gasteiger partial charge in [-0.05, 0) is 52.6 Å². The van der Waals surface area contributed by atoms with Gasteiger partial charge in [0.15, 0.2) is 0 Å². The summed E-state index contributed by atoms with van der Waals surface area (Å²) in [6.07, 6.45) is 2.49. The molecule has 1 saturated heterocycles. The van der Waals surface area contributed by atoms with E-state index in [2.05, 4.69) is 24.1 Å². The van der Waals surface area contributed by atoms with Crippen LogP contribution < -0.4 is 5.32 Å². The maximum absolute atomic E-state index is 11.9. The van der Waals surface area contributed by atoms with Crippen molar-refractivity contribution in [1.82, 2.24) is 15.1 Å². The van der Waals surface area contributed by atoms with Crippen molar-refractivity contribution in [2.75, 3.05) is 33.2 Å². The molecule has 20 heavy (non-hydrogen) atoms. The second-order valence-corrected chi connectivity index (χ2v) is 6.92. The lowest BCUT2D eigenvalue weighted by Crippen LogP contribution is -2.49. The number of urea groups is 1. The van der Waals surface area contributed by atoms with Crippen molar-refractivity contribution in [3.8, 4) is 0 Å². The molecule has 0 spiro atoms. The molecule has 1 unspecified atom stereocenters. The molecule has 0 saturated carbocycles. The van der Waals surface area contributed by atoms with Gasteiger partial charge in [-0.1, -0.05) is 6.92 Å². The highest BCUT2D eigenvalue weighted by Gasteiger charge is 2.22. The first-order valence-corrected chi connectivity index (χ1v) is 7.64. The highest BCUT2D eigenvalue weighted by Crippen LogP contribution is 2.17. The zero-order valence-corrected chi connectivity index (χ0v) is 13.6. The van der Waals surface area contributed by atoms with E-state index in [1.165, 1.54) is 17.7 Å². The number of carbonyl (C=O) groups excluding carboxylic acids is 1. The first kappa shape index (κ1) is 17.2. The third-order valence-corrected chi connectivity index (χ3v) is 3.96. The summed E-state index contributed by atoms with van der Waals surface area (Å²) in [5, 5.41) is 12.7. The molecule has 0 aromatic rings. The molecule has 1 aliphatic rings. The Morgan fingerprint density at radius 2 is 2.00 bits per heavy atom. The summed E-state index contributed by atoms with van der Waals surface area (Å²) in [4.78, 5) is 15.9. The number of nitrogens with zero attached hydrogens (tertiary/aromatic N) is 2. The third kappa shape index (κ3) is 6.09. The molecule has 1 atom stereocenters. The first-order valence-electron chi connectivity index (χ1n) is 7.64. The zero-order valence-electron chi connectivity index (χ0n) is 13.6. The molecule has 0 aromatic heterocycles. The largest absolute Gasteiger partial charge is 0.389 e. The molecule has 0 bridgehead atoms. The van der Waals surface area contributed by atoms with E-state index in [1.54, 1.807) is 20.9 Å². The standard InChI is InChI=1S/C15H31N3O2/c1-12-6-8-18(9-7-12)13(2)10-16-14(19)17(5)11-15(3,4)20/h12-13,20H,6-11H2,1-5H3,(H,16,19). The summed E-state index contributed by atoms with van der Waals surface area (Å²) in [6, 6.07) is 0.242. The summed E-state index contributed by atoms with van der Waals surface area (Å²) in [7, 11) is 1.71. The number of rotatable bonds is 5. The van der Waals surface area contributed by atoms with Crippen LogP contribution in [-0.4, -0.2) is 65.8 Å². The number of piperidine rings is 1. The Hall–Kier alpha value is -0.810. The van der Waals surface area contributed by atoms with Crippen LogP contribution in [0.2, 0.25) is 0 Å². The number of amides is 2. The van der Waals surface area contributed by atoms with Gasteiger partial charge in [0.05, 0.1) is 12.1 Å². The van der Waals surface area contributed by atoms with Crippen LogP contribution in [0.3, 0.4) is 0 Å². The second kappa shape index (κ2) is 7.27. The van der Waals surface area contributed by atoms with Crippen LogP contribution in [0.1, 0.15) is 40.5 Å². The van der Waals surface area contributed by atoms with Crippen LogP contribution in [0.15, 0.2) is 0 Å². The van der Waals surface area contributed by atoms with E-state index in [0.717, 1.165) is 19.0 Å². The van der Waals surface area contributed by atoms with Crippen molar-refractivity contribution in [1.29, 1.82) is 0 Å². The fraction of sp³-hybridized carbons (Fsp3) is 0.933. The third-order valence-electron chi connectivity index (χ3n) is 3.96. The molecule has 5 nitrogen and oxygen atoms in total. The summed E-state index contributed by atoms with van der Waals surface area (Å²) in [5.74, 6) is 0.825. The van der Waals surface area contributed by atoms with Gasteiger partial charge >= 0.3 is 6.03 Å². The SMILES string of the molecule is CC1CCN(C(C)CNC(=O)N(C)CC(C)(C)O)CC1. The van der Waals surface area contributed by atoms with Gasteiger partial charge in [-0.15, -0.1) is 0 Å². The fourth-order valence-electron chi connectivity index (χ4n) is 2.62. The zero-order chi connectivity index (χ0) is 15.3. The number of hydrogen-bond acceptors (Lipinski definition) is 3. The van der Waals surface area contributed by atoms with Crippen molar-refractivity contribution in [2.45, 2.75) is 52.2 Å². The van der Waals surface area contributed by atoms with Crippen LogP contribution in [0.25, 0.3) is 0 Å². The Bertz CT molecular complexity index is 307. The van der Waals surface area contributed by atoms with Crippen molar-refractivity contribution < 1.29 is 9.90 Å². The Balaban J connectivity index is 2.29. The van der Waals surface area contributed by atoms with Gasteiger partial charge in [0, 0.05) is 19.6 Å². The maximum atomic E-state index is 11.9. The fourth-order valence-corrected chi connectivity index (χ4v) is 2.62. The average molecular weight is 285 g/mol. The highest BCUT2D eigenvalue weighted by molar-refractivity contribution is 5.73. The second-order valence-electron chi connectivity index (χ2n) is 6.92. The number of likely N-dealkylation sites (tertiary alicyclic amines) is 1. The van der Waals surface area contributed by atoms with E-state index < -0.39 is 5.60 Å². The number of aliphatic hydroxyl groups is 1. The predicted molar refractivity (Wildman–Crippen MR) is 81.8 cm³/mol. The van der Waals surface area contributed by atoms with Gasteiger partial charge in [-0.2, -0.15) is 0 Å². The molecular weight excluding hydrogens is 254 g/mol. The smallest absolute Gasteiger partial charge is 0.317 e. The topological polar surface area (TPSA) is 55.8 Å². The van der Waals surface area contributed by atoms with Gasteiger partial charge in [0.1, 0.15) is 0 Å². The Morgan fingerprint density at radius 1 is 1.45 bits per heavy atom. The van der Waals surface area contributed by atoms with Gasteiger partial charge in [-0.3, -0.25) is 4.90 Å². The monoisotopic (exact) mass is 285 g/mol. The lowest BCUT2D eigenvalue weighted by molar-refractivity contribution is 0.0527. The van der Waals surface area contributed by atoms with E-state index in [-0.39, 0.29) is 6.03 Å². The van der Waals surface area contributed by atoms with Crippen molar-refractivity contribution >= 4 is 6.03 Å². The van der Waals surface area contributed by atoms with E-state index in [4.69, 9.17) is 0 Å². The molecule has 0 radical (unpaired) electrons. The molecule has 0 aliphatic carbocycles. The molecule has 1 fully saturated rings.